The van der Waals surface area contributed by atoms with Gasteiger partial charge in [0, 0.05) is 11.9 Å². The van der Waals surface area contributed by atoms with Gasteiger partial charge in [-0.05, 0) is 26.0 Å². The van der Waals surface area contributed by atoms with Crippen LogP contribution >= 0.6 is 11.8 Å². The number of anilines is 1. The van der Waals surface area contributed by atoms with Gasteiger partial charge < -0.3 is 0 Å². The van der Waals surface area contributed by atoms with E-state index in [1.807, 2.05) is 0 Å². The van der Waals surface area contributed by atoms with Crippen LogP contribution in [-0.2, 0) is 17.1 Å². The van der Waals surface area contributed by atoms with Gasteiger partial charge in [0.2, 0.25) is 0 Å². The van der Waals surface area contributed by atoms with Crippen molar-refractivity contribution in [3.05, 3.63) is 35.7 Å². The number of aryl methyl sites for hydroxylation is 2. The lowest BCUT2D eigenvalue weighted by atomic mass is 10.3. The number of aromatic nitrogens is 2. The normalized spacial score (nSPS) is 11.9. The summed E-state index contributed by atoms with van der Waals surface area (Å²) in [6.07, 6.45) is 0. The number of thioether (sulfide) groups is 1. The average molecular weight is 347 g/mol. The Morgan fingerprint density at radius 2 is 1.91 bits per heavy atom. The van der Waals surface area contributed by atoms with Crippen molar-refractivity contribution in [2.24, 2.45) is 7.05 Å². The number of nitrogens with zero attached hydrogens (tertiary/aromatic N) is 2. The zero-order valence-electron chi connectivity index (χ0n) is 12.2. The van der Waals surface area contributed by atoms with Crippen molar-refractivity contribution in [3.8, 4) is 0 Å². The fourth-order valence-corrected chi connectivity index (χ4v) is 4.27. The summed E-state index contributed by atoms with van der Waals surface area (Å²) in [5.41, 5.74) is 0.950. The van der Waals surface area contributed by atoms with E-state index in [4.69, 9.17) is 0 Å². The Hall–Kier alpha value is -1.61. The molecule has 2 rings (SSSR count). The third-order valence-corrected chi connectivity index (χ3v) is 5.46. The molecule has 1 aromatic carbocycles. The van der Waals surface area contributed by atoms with Crippen molar-refractivity contribution >= 4 is 27.5 Å². The van der Waals surface area contributed by atoms with Crippen molar-refractivity contribution < 1.29 is 17.2 Å². The maximum atomic E-state index is 12.6. The van der Waals surface area contributed by atoms with E-state index in [1.165, 1.54) is 16.8 Å². The molecule has 1 heterocycles. The molecule has 0 radical (unpaired) electrons. The fourth-order valence-electron chi connectivity index (χ4n) is 2.09. The lowest BCUT2D eigenvalue weighted by Crippen LogP contribution is -2.15. The molecule has 1 aromatic heterocycles. The lowest BCUT2D eigenvalue weighted by molar-refractivity contribution is 0.252. The molecule has 0 aliphatic carbocycles. The van der Waals surface area contributed by atoms with Crippen LogP contribution in [0.4, 0.5) is 14.5 Å². The van der Waals surface area contributed by atoms with Crippen LogP contribution in [0.25, 0.3) is 0 Å². The number of halogens is 2. The van der Waals surface area contributed by atoms with Gasteiger partial charge in [0.15, 0.2) is 0 Å². The van der Waals surface area contributed by atoms with Gasteiger partial charge in [-0.15, -0.1) is 0 Å². The average Bonchev–Trinajstić information content (AvgIpc) is 2.65. The predicted molar refractivity (Wildman–Crippen MR) is 81.8 cm³/mol. The van der Waals surface area contributed by atoms with E-state index in [1.54, 1.807) is 33.0 Å². The molecule has 2 aromatic rings. The minimum atomic E-state index is -3.90. The molecule has 0 saturated heterocycles. The van der Waals surface area contributed by atoms with Gasteiger partial charge in [-0.3, -0.25) is 9.40 Å². The zero-order valence-corrected chi connectivity index (χ0v) is 13.8. The number of sulfonamides is 1. The smallest absolute Gasteiger partial charge is 0.278 e. The second-order valence-electron chi connectivity index (χ2n) is 4.60. The van der Waals surface area contributed by atoms with E-state index in [0.717, 1.165) is 0 Å². The number of hydrogen-bond acceptors (Lipinski definition) is 4. The van der Waals surface area contributed by atoms with Gasteiger partial charge in [-0.2, -0.15) is 13.9 Å². The molecule has 0 spiro atoms. The number of rotatable bonds is 5. The molecule has 0 saturated carbocycles. The highest BCUT2D eigenvalue weighted by atomic mass is 32.2. The van der Waals surface area contributed by atoms with Gasteiger partial charge >= 0.3 is 0 Å². The van der Waals surface area contributed by atoms with Crippen LogP contribution in [0.2, 0.25) is 0 Å². The SMILES string of the molecule is Cc1nn(C)c(C)c1S(=O)(=O)Nc1ccccc1SC(F)F. The summed E-state index contributed by atoms with van der Waals surface area (Å²) >= 11 is 0.293. The second-order valence-corrected chi connectivity index (χ2v) is 7.25. The highest BCUT2D eigenvalue weighted by Crippen LogP contribution is 2.33. The first-order valence-electron chi connectivity index (χ1n) is 6.29. The van der Waals surface area contributed by atoms with E-state index in [0.29, 0.717) is 23.1 Å². The maximum absolute atomic E-state index is 12.6. The quantitative estimate of drug-likeness (QED) is 0.844. The van der Waals surface area contributed by atoms with Crippen molar-refractivity contribution in [3.63, 3.8) is 0 Å². The van der Waals surface area contributed by atoms with Crippen LogP contribution in [0.1, 0.15) is 11.4 Å². The van der Waals surface area contributed by atoms with Crippen LogP contribution in [0.15, 0.2) is 34.1 Å². The van der Waals surface area contributed by atoms with Crippen molar-refractivity contribution in [1.29, 1.82) is 0 Å². The first-order valence-corrected chi connectivity index (χ1v) is 8.65. The summed E-state index contributed by atoms with van der Waals surface area (Å²) in [4.78, 5) is 0.229. The number of alkyl halides is 2. The standard InChI is InChI=1S/C13H15F2N3O2S2/c1-8-12(9(2)18(3)16-8)22(19,20)17-10-6-4-5-7-11(10)21-13(14)15/h4-7,13,17H,1-3H3. The van der Waals surface area contributed by atoms with Crippen LogP contribution in [0, 0.1) is 13.8 Å². The fraction of sp³-hybridized carbons (Fsp3) is 0.308. The summed E-state index contributed by atoms with van der Waals surface area (Å²) < 4.78 is 54.0. The van der Waals surface area contributed by atoms with Crippen LogP contribution in [-0.4, -0.2) is 24.0 Å². The number of para-hydroxylation sites is 1. The van der Waals surface area contributed by atoms with Crippen LogP contribution in [0.3, 0.4) is 0 Å². The zero-order chi connectivity index (χ0) is 16.5. The largest absolute Gasteiger partial charge is 0.288 e. The Labute approximate surface area is 131 Å². The Morgan fingerprint density at radius 1 is 1.27 bits per heavy atom. The summed E-state index contributed by atoms with van der Waals surface area (Å²) in [5.74, 6) is -2.63. The Balaban J connectivity index is 2.42. The van der Waals surface area contributed by atoms with Gasteiger partial charge in [0.1, 0.15) is 4.90 Å². The molecule has 0 fully saturated rings. The molecule has 22 heavy (non-hydrogen) atoms. The van der Waals surface area contributed by atoms with Crippen LogP contribution < -0.4 is 4.72 Å². The summed E-state index contributed by atoms with van der Waals surface area (Å²) in [6, 6.07) is 6.04. The molecule has 5 nitrogen and oxygen atoms in total. The molecule has 0 atom stereocenters. The Kier molecular flexibility index (Phi) is 4.76. The summed E-state index contributed by atoms with van der Waals surface area (Å²) in [7, 11) is -2.26. The minimum absolute atomic E-state index is 0.0619. The van der Waals surface area contributed by atoms with Crippen molar-refractivity contribution in [2.45, 2.75) is 29.4 Å². The first kappa shape index (κ1) is 16.8. The van der Waals surface area contributed by atoms with Gasteiger partial charge in [-0.25, -0.2) is 8.42 Å². The molecule has 0 aliphatic heterocycles. The van der Waals surface area contributed by atoms with Gasteiger partial charge in [0.25, 0.3) is 15.8 Å². The van der Waals surface area contributed by atoms with Crippen molar-refractivity contribution in [1.82, 2.24) is 9.78 Å². The van der Waals surface area contributed by atoms with E-state index in [-0.39, 0.29) is 15.5 Å². The highest BCUT2D eigenvalue weighted by Gasteiger charge is 2.25. The third-order valence-electron chi connectivity index (χ3n) is 3.06. The summed E-state index contributed by atoms with van der Waals surface area (Å²) in [5, 5.41) is 4.06. The van der Waals surface area contributed by atoms with Crippen LogP contribution in [0.5, 0.6) is 0 Å². The van der Waals surface area contributed by atoms with E-state index < -0.39 is 15.8 Å². The van der Waals surface area contributed by atoms with E-state index in [2.05, 4.69) is 9.82 Å². The number of nitrogens with one attached hydrogen (secondary N) is 1. The molecule has 1 N–H and O–H groups in total. The first-order chi connectivity index (χ1) is 10.2. The highest BCUT2D eigenvalue weighted by molar-refractivity contribution is 7.99. The van der Waals surface area contributed by atoms with Gasteiger partial charge in [-0.1, -0.05) is 23.9 Å². The molecule has 0 amide bonds. The molecular weight excluding hydrogens is 332 g/mol. The van der Waals surface area contributed by atoms with E-state index in [9.17, 15) is 17.2 Å². The molecule has 0 unspecified atom stereocenters. The topological polar surface area (TPSA) is 64.0 Å². The Bertz CT molecular complexity index is 789. The molecule has 9 heteroatoms. The van der Waals surface area contributed by atoms with Gasteiger partial charge in [0.05, 0.1) is 17.1 Å². The predicted octanol–water partition coefficient (Wildman–Crippen LogP) is 3.15. The molecular formula is C13H15F2N3O2S2. The third kappa shape index (κ3) is 3.41. The molecule has 0 bridgehead atoms. The minimum Gasteiger partial charge on any atom is -0.278 e. The monoisotopic (exact) mass is 347 g/mol. The number of benzene rings is 1. The molecule has 0 aliphatic rings. The second kappa shape index (κ2) is 6.25. The number of hydrogen-bond donors (Lipinski definition) is 1. The summed E-state index contributed by atoms with van der Waals surface area (Å²) in [6.45, 7) is 3.22. The van der Waals surface area contributed by atoms with E-state index >= 15 is 0 Å². The lowest BCUT2D eigenvalue weighted by Gasteiger charge is -2.12. The molecule has 120 valence electrons. The maximum Gasteiger partial charge on any atom is 0.288 e. The van der Waals surface area contributed by atoms with Crippen molar-refractivity contribution in [2.75, 3.05) is 4.72 Å². The Morgan fingerprint density at radius 3 is 2.45 bits per heavy atom.